The molecular formula is C84H141NO18. The highest BCUT2D eigenvalue weighted by Crippen LogP contribution is 2.33. The lowest BCUT2D eigenvalue weighted by atomic mass is 9.96. The van der Waals surface area contributed by atoms with Crippen LogP contribution in [0, 0.1) is 0 Å². The fourth-order valence-corrected chi connectivity index (χ4v) is 12.6. The Morgan fingerprint density at radius 3 is 1.09 bits per heavy atom. The summed E-state index contributed by atoms with van der Waals surface area (Å²) in [5.41, 5.74) is 0. The van der Waals surface area contributed by atoms with Crippen LogP contribution in [0.1, 0.15) is 258 Å². The lowest BCUT2D eigenvalue weighted by Gasteiger charge is -2.48. The second-order valence-corrected chi connectivity index (χ2v) is 27.8. The molecule has 0 bridgehead atoms. The van der Waals surface area contributed by atoms with Crippen molar-refractivity contribution in [2.24, 2.45) is 0 Å². The van der Waals surface area contributed by atoms with Gasteiger partial charge in [0.15, 0.2) is 18.9 Å². The van der Waals surface area contributed by atoms with Crippen molar-refractivity contribution in [3.8, 4) is 0 Å². The van der Waals surface area contributed by atoms with Gasteiger partial charge in [-0.15, -0.1) is 0 Å². The van der Waals surface area contributed by atoms with Gasteiger partial charge in [0.05, 0.1) is 38.6 Å². The molecule has 17 unspecified atom stereocenters. The fraction of sp³-hybridized carbons (Fsp3) is 0.726. The van der Waals surface area contributed by atoms with E-state index in [1.54, 1.807) is 6.08 Å². The van der Waals surface area contributed by atoms with E-state index >= 15 is 0 Å². The van der Waals surface area contributed by atoms with Crippen LogP contribution in [0.15, 0.2) is 134 Å². The second kappa shape index (κ2) is 62.9. The van der Waals surface area contributed by atoms with Crippen molar-refractivity contribution in [1.82, 2.24) is 5.32 Å². The van der Waals surface area contributed by atoms with Gasteiger partial charge >= 0.3 is 0 Å². The normalized spacial score (nSPS) is 26.8. The van der Waals surface area contributed by atoms with Crippen LogP contribution >= 0.6 is 0 Å². The van der Waals surface area contributed by atoms with E-state index in [1.165, 1.54) is 116 Å². The quantitative estimate of drug-likeness (QED) is 0.0199. The van der Waals surface area contributed by atoms with Gasteiger partial charge in [0.2, 0.25) is 5.91 Å². The number of nitrogens with one attached hydrogen (secondary N) is 1. The number of allylic oxidation sites excluding steroid dienone is 21. The largest absolute Gasteiger partial charge is 0.394 e. The average molecular weight is 1450 g/mol. The number of carbonyl (C=O) groups excluding carboxylic acids is 1. The van der Waals surface area contributed by atoms with Gasteiger partial charge in [0.25, 0.3) is 0 Å². The molecule has 3 aliphatic rings. The summed E-state index contributed by atoms with van der Waals surface area (Å²) in [6, 6.07) is -1.00. The molecule has 0 aromatic carbocycles. The molecule has 0 aromatic heterocycles. The number of carbonyl (C=O) groups is 1. The molecule has 19 heteroatoms. The number of hydrogen-bond donors (Lipinski definition) is 12. The Hall–Kier alpha value is -4.07. The average Bonchev–Trinajstić information content (AvgIpc) is 0.781. The van der Waals surface area contributed by atoms with E-state index in [4.69, 9.17) is 28.4 Å². The maximum atomic E-state index is 13.5. The van der Waals surface area contributed by atoms with Gasteiger partial charge in [-0.1, -0.05) is 282 Å². The molecule has 3 aliphatic heterocycles. The minimum absolute atomic E-state index is 0.220. The third-order valence-corrected chi connectivity index (χ3v) is 18.9. The third-order valence-electron chi connectivity index (χ3n) is 18.9. The number of unbranched alkanes of at least 4 members (excludes halogenated alkanes) is 25. The fourth-order valence-electron chi connectivity index (χ4n) is 12.6. The molecule has 0 aromatic rings. The highest BCUT2D eigenvalue weighted by atomic mass is 16.8. The van der Waals surface area contributed by atoms with Crippen LogP contribution in [0.3, 0.4) is 0 Å². The van der Waals surface area contributed by atoms with E-state index < -0.39 is 124 Å². The summed E-state index contributed by atoms with van der Waals surface area (Å²) in [6.07, 6.45) is 62.8. The number of aliphatic hydroxyl groups is 11. The summed E-state index contributed by atoms with van der Waals surface area (Å²) in [6.45, 7) is 1.60. The lowest BCUT2D eigenvalue weighted by molar-refractivity contribution is -0.379. The molecule has 1 amide bonds. The zero-order valence-electron chi connectivity index (χ0n) is 63.0. The van der Waals surface area contributed by atoms with E-state index in [-0.39, 0.29) is 18.9 Å². The van der Waals surface area contributed by atoms with Crippen LogP contribution in [0.5, 0.6) is 0 Å². The Bertz CT molecular complexity index is 2380. The second-order valence-electron chi connectivity index (χ2n) is 27.8. The monoisotopic (exact) mass is 1450 g/mol. The molecular weight excluding hydrogens is 1310 g/mol. The maximum absolute atomic E-state index is 13.5. The minimum atomic E-state index is -1.99. The van der Waals surface area contributed by atoms with Crippen LogP contribution in [0.4, 0.5) is 0 Å². The Labute approximate surface area is 620 Å². The third kappa shape index (κ3) is 42.9. The van der Waals surface area contributed by atoms with E-state index in [1.807, 2.05) is 6.08 Å². The van der Waals surface area contributed by atoms with Gasteiger partial charge in [-0.25, -0.2) is 0 Å². The molecule has 0 aliphatic carbocycles. The van der Waals surface area contributed by atoms with Gasteiger partial charge in [0, 0.05) is 6.42 Å². The van der Waals surface area contributed by atoms with Crippen molar-refractivity contribution in [3.63, 3.8) is 0 Å². The van der Waals surface area contributed by atoms with Crippen molar-refractivity contribution in [3.05, 3.63) is 134 Å². The molecule has 3 heterocycles. The van der Waals surface area contributed by atoms with Crippen LogP contribution < -0.4 is 5.32 Å². The molecule has 3 rings (SSSR count). The number of ether oxygens (including phenoxy) is 6. The topological polar surface area (TPSA) is 307 Å². The number of aliphatic hydroxyl groups excluding tert-OH is 11. The Morgan fingerprint density at radius 2 is 0.680 bits per heavy atom. The molecule has 12 N–H and O–H groups in total. The van der Waals surface area contributed by atoms with Crippen LogP contribution in [-0.4, -0.2) is 193 Å². The highest BCUT2D eigenvalue weighted by Gasteiger charge is 2.53. The molecule has 590 valence electrons. The molecule has 3 saturated heterocycles. The summed E-state index contributed by atoms with van der Waals surface area (Å²) in [7, 11) is 0. The van der Waals surface area contributed by atoms with Crippen molar-refractivity contribution in [2.75, 3.05) is 26.4 Å². The van der Waals surface area contributed by atoms with Crippen LogP contribution in [0.2, 0.25) is 0 Å². The van der Waals surface area contributed by atoms with Gasteiger partial charge in [-0.05, 0) is 103 Å². The van der Waals surface area contributed by atoms with Gasteiger partial charge < -0.3 is 89.9 Å². The summed E-state index contributed by atoms with van der Waals surface area (Å²) in [5.74, 6) is -0.296. The standard InChI is InChI=1S/C84H141NO18/c1-3-5-7-9-11-13-15-17-19-21-23-25-26-27-28-29-30-31-32-33-34-35-36-37-38-39-40-42-44-46-48-50-52-54-56-58-60-62-72(90)85-67(68(89)61-59-57-55-53-51-49-47-45-43-41-24-22-20-18-16-14-12-10-8-6-4-2)66-98-82-78(96)75(93)80(70(64-87)100-82)103-84-79(97)76(94)81(71(65-88)101-84)102-83-77(95)74(92)73(91)69(63-86)99-83/h5,7,11,13,17,19,23,25,27-28,30-31,33-34,36-37,39-40,51,53,59,61,67-71,73-84,86-89,91-97H,3-4,6,8-10,12,14-16,18,20-22,24,26,29,32,35,38,41-50,52,54-58,60,62-66H2,1-2H3,(H,85,90)/b7-5-,13-11-,19-17-,25-23-,28-27-,31-30-,34-33-,37-36-,40-39-,53-51+,61-59+. The first-order valence-electron chi connectivity index (χ1n) is 39.9. The molecule has 0 spiro atoms. The molecule has 0 radical (unpaired) electrons. The van der Waals surface area contributed by atoms with Gasteiger partial charge in [-0.3, -0.25) is 4.79 Å². The Kier molecular flexibility index (Phi) is 56.9. The number of amides is 1. The molecule has 3 fully saturated rings. The van der Waals surface area contributed by atoms with Crippen molar-refractivity contribution in [2.45, 2.75) is 362 Å². The van der Waals surface area contributed by atoms with Crippen LogP contribution in [0.25, 0.3) is 0 Å². The predicted molar refractivity (Wildman–Crippen MR) is 410 cm³/mol. The first-order valence-corrected chi connectivity index (χ1v) is 39.9. The maximum Gasteiger partial charge on any atom is 0.220 e. The molecule has 103 heavy (non-hydrogen) atoms. The van der Waals surface area contributed by atoms with E-state index in [0.717, 1.165) is 109 Å². The van der Waals surface area contributed by atoms with E-state index in [9.17, 15) is 61.0 Å². The molecule has 17 atom stereocenters. The summed E-state index contributed by atoms with van der Waals surface area (Å²) in [4.78, 5) is 13.5. The Morgan fingerprint density at radius 1 is 0.359 bits per heavy atom. The SMILES string of the molecule is CC/C=C\C/C=C\C/C=C\C/C=C\C/C=C\C/C=C\C/C=C\C/C=C\C/C=C\CCCCCCCCCCCC(=O)NC(COC1OC(CO)C(OC2OC(CO)C(OC3OC(CO)C(O)C(O)C3O)C(O)C2O)C(O)C1O)C(O)/C=C/CC/C=C/CCCCCCCCCCCCCCCCC. The number of hydrogen-bond acceptors (Lipinski definition) is 18. The smallest absolute Gasteiger partial charge is 0.220 e. The van der Waals surface area contributed by atoms with Crippen molar-refractivity contribution in [1.29, 1.82) is 0 Å². The summed E-state index contributed by atoms with van der Waals surface area (Å²) >= 11 is 0. The zero-order chi connectivity index (χ0) is 74.6. The van der Waals surface area contributed by atoms with E-state index in [0.29, 0.717) is 12.8 Å². The van der Waals surface area contributed by atoms with Crippen LogP contribution in [-0.2, 0) is 33.2 Å². The predicted octanol–water partition coefficient (Wildman–Crippen LogP) is 13.3. The molecule has 0 saturated carbocycles. The van der Waals surface area contributed by atoms with Crippen molar-refractivity contribution < 1.29 is 89.4 Å². The molecule has 19 nitrogen and oxygen atoms in total. The zero-order valence-corrected chi connectivity index (χ0v) is 63.0. The first kappa shape index (κ1) is 93.1. The Balaban J connectivity index is 1.38. The summed E-state index contributed by atoms with van der Waals surface area (Å²) < 4.78 is 34.4. The summed E-state index contributed by atoms with van der Waals surface area (Å²) in [5, 5.41) is 121. The van der Waals surface area contributed by atoms with Gasteiger partial charge in [0.1, 0.15) is 73.2 Å². The van der Waals surface area contributed by atoms with E-state index in [2.05, 4.69) is 141 Å². The minimum Gasteiger partial charge on any atom is -0.394 e. The highest BCUT2D eigenvalue weighted by molar-refractivity contribution is 5.76. The van der Waals surface area contributed by atoms with Gasteiger partial charge in [-0.2, -0.15) is 0 Å². The lowest BCUT2D eigenvalue weighted by Crippen LogP contribution is -2.66. The first-order chi connectivity index (χ1) is 50.3. The number of rotatable bonds is 61. The van der Waals surface area contributed by atoms with Crippen molar-refractivity contribution >= 4 is 5.91 Å².